The molecular formula is C15H20N2O. The van der Waals surface area contributed by atoms with Gasteiger partial charge in [-0.15, -0.1) is 0 Å². The maximum absolute atomic E-state index is 5.42. The second-order valence-corrected chi connectivity index (χ2v) is 4.36. The first-order valence-corrected chi connectivity index (χ1v) is 6.42. The van der Waals surface area contributed by atoms with Crippen LogP contribution in [-0.2, 0) is 6.42 Å². The van der Waals surface area contributed by atoms with Crippen LogP contribution >= 0.6 is 0 Å². The van der Waals surface area contributed by atoms with Gasteiger partial charge in [-0.3, -0.25) is 0 Å². The number of anilines is 1. The Morgan fingerprint density at radius 1 is 1.28 bits per heavy atom. The van der Waals surface area contributed by atoms with E-state index in [4.69, 9.17) is 9.72 Å². The fraction of sp³-hybridized carbons (Fsp3) is 0.400. The summed E-state index contributed by atoms with van der Waals surface area (Å²) in [6.45, 7) is 7.19. The van der Waals surface area contributed by atoms with Crippen LogP contribution in [0.1, 0.15) is 25.0 Å². The minimum Gasteiger partial charge on any atom is -0.496 e. The second kappa shape index (κ2) is 5.25. The summed E-state index contributed by atoms with van der Waals surface area (Å²) in [4.78, 5) is 4.75. The van der Waals surface area contributed by atoms with Crippen LogP contribution in [0.2, 0.25) is 0 Å². The molecule has 96 valence electrons. The average molecular weight is 244 g/mol. The fourth-order valence-corrected chi connectivity index (χ4v) is 2.18. The first kappa shape index (κ1) is 12.7. The number of aromatic nitrogens is 1. The Morgan fingerprint density at radius 3 is 2.67 bits per heavy atom. The number of pyridine rings is 1. The van der Waals surface area contributed by atoms with Crippen molar-refractivity contribution in [3.63, 3.8) is 0 Å². The summed E-state index contributed by atoms with van der Waals surface area (Å²) in [5.41, 5.74) is 3.42. The van der Waals surface area contributed by atoms with Crippen molar-refractivity contribution in [1.82, 2.24) is 4.98 Å². The predicted molar refractivity (Wildman–Crippen MR) is 76.6 cm³/mol. The molecule has 0 radical (unpaired) electrons. The molecule has 0 fully saturated rings. The van der Waals surface area contributed by atoms with Crippen molar-refractivity contribution in [2.45, 2.75) is 27.2 Å². The van der Waals surface area contributed by atoms with Gasteiger partial charge in [-0.05, 0) is 43.5 Å². The molecule has 18 heavy (non-hydrogen) atoms. The van der Waals surface area contributed by atoms with E-state index in [1.54, 1.807) is 7.11 Å². The highest BCUT2D eigenvalue weighted by atomic mass is 16.5. The largest absolute Gasteiger partial charge is 0.496 e. The number of benzene rings is 1. The first-order chi connectivity index (χ1) is 8.71. The maximum atomic E-state index is 5.42. The standard InChI is InChI=1S/C15H20N2O/c1-5-11-9-12-13(18-4)8-7-10(3)14(12)17-15(11)16-6-2/h7-9H,5-6H2,1-4H3,(H,16,17). The molecule has 3 heteroatoms. The third-order valence-corrected chi connectivity index (χ3v) is 3.17. The van der Waals surface area contributed by atoms with E-state index in [9.17, 15) is 0 Å². The van der Waals surface area contributed by atoms with E-state index in [0.717, 1.165) is 35.4 Å². The zero-order chi connectivity index (χ0) is 13.1. The van der Waals surface area contributed by atoms with Gasteiger partial charge in [0.2, 0.25) is 0 Å². The average Bonchev–Trinajstić information content (AvgIpc) is 2.39. The molecule has 0 saturated carbocycles. The number of nitrogens with zero attached hydrogens (tertiary/aromatic N) is 1. The molecule has 2 rings (SSSR count). The van der Waals surface area contributed by atoms with Gasteiger partial charge < -0.3 is 10.1 Å². The highest BCUT2D eigenvalue weighted by Gasteiger charge is 2.10. The van der Waals surface area contributed by atoms with Gasteiger partial charge in [0.25, 0.3) is 0 Å². The minimum absolute atomic E-state index is 0.883. The Balaban J connectivity index is 2.73. The van der Waals surface area contributed by atoms with Crippen LogP contribution in [0.3, 0.4) is 0 Å². The number of methoxy groups -OCH3 is 1. The summed E-state index contributed by atoms with van der Waals surface area (Å²) in [6.07, 6.45) is 0.961. The summed E-state index contributed by atoms with van der Waals surface area (Å²) in [6, 6.07) is 6.24. The molecule has 0 aliphatic rings. The zero-order valence-corrected chi connectivity index (χ0v) is 11.5. The van der Waals surface area contributed by atoms with Crippen LogP contribution in [0, 0.1) is 6.92 Å². The molecule has 1 heterocycles. The molecule has 0 saturated heterocycles. The van der Waals surface area contributed by atoms with Crippen molar-refractivity contribution in [2.75, 3.05) is 19.0 Å². The number of ether oxygens (including phenoxy) is 1. The van der Waals surface area contributed by atoms with Gasteiger partial charge in [0.05, 0.1) is 12.6 Å². The van der Waals surface area contributed by atoms with Crippen LogP contribution in [0.4, 0.5) is 5.82 Å². The monoisotopic (exact) mass is 244 g/mol. The van der Waals surface area contributed by atoms with E-state index < -0.39 is 0 Å². The van der Waals surface area contributed by atoms with Crippen molar-refractivity contribution >= 4 is 16.7 Å². The van der Waals surface area contributed by atoms with Crippen molar-refractivity contribution in [3.05, 3.63) is 29.3 Å². The molecule has 1 N–H and O–H groups in total. The molecule has 0 aliphatic carbocycles. The van der Waals surface area contributed by atoms with Crippen molar-refractivity contribution in [2.24, 2.45) is 0 Å². The van der Waals surface area contributed by atoms with Crippen LogP contribution in [-0.4, -0.2) is 18.6 Å². The van der Waals surface area contributed by atoms with Crippen LogP contribution in [0.25, 0.3) is 10.9 Å². The van der Waals surface area contributed by atoms with E-state index >= 15 is 0 Å². The number of aryl methyl sites for hydroxylation is 2. The van der Waals surface area contributed by atoms with Gasteiger partial charge in [-0.2, -0.15) is 0 Å². The van der Waals surface area contributed by atoms with E-state index in [2.05, 4.69) is 38.2 Å². The topological polar surface area (TPSA) is 34.2 Å². The molecule has 3 nitrogen and oxygen atoms in total. The molecule has 0 bridgehead atoms. The van der Waals surface area contributed by atoms with Crippen molar-refractivity contribution in [3.8, 4) is 5.75 Å². The Morgan fingerprint density at radius 2 is 2.06 bits per heavy atom. The molecule has 1 aromatic heterocycles. The van der Waals surface area contributed by atoms with E-state index in [0.29, 0.717) is 0 Å². The Labute approximate surface area is 108 Å². The Kier molecular flexibility index (Phi) is 3.70. The maximum Gasteiger partial charge on any atom is 0.129 e. The summed E-state index contributed by atoms with van der Waals surface area (Å²) < 4.78 is 5.42. The predicted octanol–water partition coefficient (Wildman–Crippen LogP) is 3.55. The number of fused-ring (bicyclic) bond motifs is 1. The van der Waals surface area contributed by atoms with Crippen LogP contribution < -0.4 is 10.1 Å². The molecule has 0 atom stereocenters. The quantitative estimate of drug-likeness (QED) is 0.893. The van der Waals surface area contributed by atoms with E-state index in [1.807, 2.05) is 6.07 Å². The first-order valence-electron chi connectivity index (χ1n) is 6.42. The SMILES string of the molecule is CCNc1nc2c(C)ccc(OC)c2cc1CC. The third kappa shape index (κ3) is 2.13. The lowest BCUT2D eigenvalue weighted by atomic mass is 10.1. The van der Waals surface area contributed by atoms with E-state index in [-0.39, 0.29) is 0 Å². The van der Waals surface area contributed by atoms with Crippen LogP contribution in [0.5, 0.6) is 5.75 Å². The third-order valence-electron chi connectivity index (χ3n) is 3.17. The molecule has 1 aromatic carbocycles. The highest BCUT2D eigenvalue weighted by molar-refractivity contribution is 5.90. The van der Waals surface area contributed by atoms with E-state index in [1.165, 1.54) is 11.1 Å². The summed E-state index contributed by atoms with van der Waals surface area (Å²) in [5, 5.41) is 4.43. The Hall–Kier alpha value is -1.77. The number of hydrogen-bond donors (Lipinski definition) is 1. The summed E-state index contributed by atoms with van der Waals surface area (Å²) >= 11 is 0. The van der Waals surface area contributed by atoms with Gasteiger partial charge in [0, 0.05) is 11.9 Å². The normalized spacial score (nSPS) is 10.7. The lowest BCUT2D eigenvalue weighted by molar-refractivity contribution is 0.419. The van der Waals surface area contributed by atoms with Crippen molar-refractivity contribution < 1.29 is 4.74 Å². The number of hydrogen-bond acceptors (Lipinski definition) is 3. The second-order valence-electron chi connectivity index (χ2n) is 4.36. The zero-order valence-electron chi connectivity index (χ0n) is 11.5. The van der Waals surface area contributed by atoms with Gasteiger partial charge in [0.1, 0.15) is 11.6 Å². The van der Waals surface area contributed by atoms with Crippen LogP contribution in [0.15, 0.2) is 18.2 Å². The van der Waals surface area contributed by atoms with Gasteiger partial charge >= 0.3 is 0 Å². The molecule has 0 spiro atoms. The number of rotatable bonds is 4. The van der Waals surface area contributed by atoms with Gasteiger partial charge in [-0.25, -0.2) is 4.98 Å². The van der Waals surface area contributed by atoms with Gasteiger partial charge in [-0.1, -0.05) is 13.0 Å². The summed E-state index contributed by atoms with van der Waals surface area (Å²) in [7, 11) is 1.70. The van der Waals surface area contributed by atoms with Gasteiger partial charge in [0.15, 0.2) is 0 Å². The smallest absolute Gasteiger partial charge is 0.129 e. The lowest BCUT2D eigenvalue weighted by Gasteiger charge is -2.13. The fourth-order valence-electron chi connectivity index (χ4n) is 2.18. The minimum atomic E-state index is 0.883. The molecular weight excluding hydrogens is 224 g/mol. The summed E-state index contributed by atoms with van der Waals surface area (Å²) in [5.74, 6) is 1.88. The van der Waals surface area contributed by atoms with Crippen molar-refractivity contribution in [1.29, 1.82) is 0 Å². The lowest BCUT2D eigenvalue weighted by Crippen LogP contribution is -2.04. The highest BCUT2D eigenvalue weighted by Crippen LogP contribution is 2.30. The Bertz CT molecular complexity index is 564. The molecule has 0 aliphatic heterocycles. The molecule has 0 amide bonds. The molecule has 2 aromatic rings. The molecule has 0 unspecified atom stereocenters. The number of nitrogens with one attached hydrogen (secondary N) is 1.